The van der Waals surface area contributed by atoms with Gasteiger partial charge in [0.15, 0.2) is 11.3 Å². The van der Waals surface area contributed by atoms with Gasteiger partial charge in [0.1, 0.15) is 11.7 Å². The fraction of sp³-hybridized carbons (Fsp3) is 0.600. The van der Waals surface area contributed by atoms with E-state index in [1.165, 1.54) is 11.1 Å². The quantitative estimate of drug-likeness (QED) is 0.541. The first kappa shape index (κ1) is 24.5. The Balaban J connectivity index is 1.17. The number of amides is 2. The number of hydrogen-bond acceptors (Lipinski definition) is 5. The van der Waals surface area contributed by atoms with E-state index in [0.717, 1.165) is 36.2 Å². The molecule has 2 unspecified atom stereocenters. The number of carbonyl (C=O) groups is 3. The molecule has 1 saturated heterocycles. The molecule has 2 atom stereocenters. The van der Waals surface area contributed by atoms with Gasteiger partial charge in [-0.2, -0.15) is 13.2 Å². The number of halogens is 4. The molecule has 0 aromatic carbocycles. The van der Waals surface area contributed by atoms with E-state index in [4.69, 9.17) is 16.3 Å². The summed E-state index contributed by atoms with van der Waals surface area (Å²) >= 11 is 6.39. The van der Waals surface area contributed by atoms with Gasteiger partial charge >= 0.3 is 12.1 Å². The molecule has 2 aromatic heterocycles. The van der Waals surface area contributed by atoms with Crippen LogP contribution < -0.4 is 0 Å². The first-order valence-corrected chi connectivity index (χ1v) is 13.0. The number of nitrogens with zero attached hydrogens (tertiary/aromatic N) is 4. The molecule has 37 heavy (non-hydrogen) atoms. The fourth-order valence-corrected chi connectivity index (χ4v) is 6.43. The zero-order chi connectivity index (χ0) is 26.2. The molecular weight excluding hydrogens is 513 g/mol. The number of imidazole rings is 1. The lowest BCUT2D eigenvalue weighted by Crippen LogP contribution is -2.55. The third-order valence-electron chi connectivity index (χ3n) is 8.20. The lowest BCUT2D eigenvalue weighted by molar-refractivity contribution is -0.146. The van der Waals surface area contributed by atoms with E-state index in [1.807, 2.05) is 0 Å². The van der Waals surface area contributed by atoms with Crippen LogP contribution in [0.15, 0.2) is 12.3 Å². The summed E-state index contributed by atoms with van der Waals surface area (Å²) in [6, 6.07) is 1.10. The minimum Gasteiger partial charge on any atom is -0.466 e. The van der Waals surface area contributed by atoms with Gasteiger partial charge in [-0.05, 0) is 62.0 Å². The van der Waals surface area contributed by atoms with Crippen molar-refractivity contribution in [3.63, 3.8) is 0 Å². The molecule has 6 rings (SSSR count). The molecule has 198 valence electrons. The molecule has 2 amide bonds. The van der Waals surface area contributed by atoms with Crippen molar-refractivity contribution in [1.29, 1.82) is 0 Å². The van der Waals surface area contributed by atoms with Crippen LogP contribution in [0.5, 0.6) is 0 Å². The molecule has 0 radical (unpaired) electrons. The Bertz CT molecular complexity index is 1300. The Morgan fingerprint density at radius 1 is 1.19 bits per heavy atom. The molecule has 1 aliphatic heterocycles. The summed E-state index contributed by atoms with van der Waals surface area (Å²) in [6.07, 6.45) is -0.0623. The largest absolute Gasteiger partial charge is 0.466 e. The van der Waals surface area contributed by atoms with Crippen LogP contribution in [0.1, 0.15) is 60.1 Å². The molecule has 0 bridgehead atoms. The van der Waals surface area contributed by atoms with Crippen LogP contribution in [0, 0.1) is 17.8 Å². The number of ether oxygens (including phenoxy) is 1. The van der Waals surface area contributed by atoms with E-state index < -0.39 is 23.3 Å². The Morgan fingerprint density at radius 3 is 2.49 bits per heavy atom. The van der Waals surface area contributed by atoms with Crippen molar-refractivity contribution in [2.45, 2.75) is 50.7 Å². The Hall–Kier alpha value is -2.82. The topological polar surface area (TPSA) is 84.2 Å². The number of rotatable bonds is 5. The maximum atomic E-state index is 13.8. The van der Waals surface area contributed by atoms with Crippen molar-refractivity contribution in [1.82, 2.24) is 19.2 Å². The maximum absolute atomic E-state index is 13.8. The van der Waals surface area contributed by atoms with Crippen molar-refractivity contribution >= 4 is 35.0 Å². The highest BCUT2D eigenvalue weighted by atomic mass is 35.5. The molecule has 3 heterocycles. The molecule has 3 aliphatic carbocycles. The summed E-state index contributed by atoms with van der Waals surface area (Å²) in [7, 11) is 0. The second-order valence-electron chi connectivity index (χ2n) is 10.4. The third-order valence-corrected chi connectivity index (χ3v) is 8.56. The van der Waals surface area contributed by atoms with Crippen molar-refractivity contribution in [3.05, 3.63) is 34.2 Å². The first-order chi connectivity index (χ1) is 17.6. The number of pyridine rings is 1. The van der Waals surface area contributed by atoms with E-state index in [9.17, 15) is 27.6 Å². The average Bonchev–Trinajstić information content (AvgIpc) is 3.75. The molecule has 0 spiro atoms. The molecule has 0 N–H and O–H groups in total. The predicted molar refractivity (Wildman–Crippen MR) is 125 cm³/mol. The Morgan fingerprint density at radius 2 is 1.89 bits per heavy atom. The van der Waals surface area contributed by atoms with Gasteiger partial charge in [-0.25, -0.2) is 4.98 Å². The van der Waals surface area contributed by atoms with Crippen LogP contribution in [0.4, 0.5) is 13.2 Å². The fourth-order valence-electron chi connectivity index (χ4n) is 6.17. The number of piperazine rings is 1. The van der Waals surface area contributed by atoms with Gasteiger partial charge in [0, 0.05) is 25.3 Å². The lowest BCUT2D eigenvalue weighted by atomic mass is 10.0. The molecule has 4 aliphatic rings. The summed E-state index contributed by atoms with van der Waals surface area (Å²) in [5.74, 6) is -0.630. The summed E-state index contributed by atoms with van der Waals surface area (Å²) in [4.78, 5) is 45.3. The van der Waals surface area contributed by atoms with Gasteiger partial charge in [-0.3, -0.25) is 18.8 Å². The zero-order valence-electron chi connectivity index (χ0n) is 20.1. The monoisotopic (exact) mass is 538 g/mol. The number of hydrogen-bond donors (Lipinski definition) is 0. The van der Waals surface area contributed by atoms with Gasteiger partial charge < -0.3 is 14.5 Å². The number of aromatic nitrogens is 2. The smallest absolute Gasteiger partial charge is 0.419 e. The average molecular weight is 539 g/mol. The lowest BCUT2D eigenvalue weighted by Gasteiger charge is -2.38. The van der Waals surface area contributed by atoms with Gasteiger partial charge in [0.05, 0.1) is 18.1 Å². The highest BCUT2D eigenvalue weighted by Crippen LogP contribution is 2.59. The molecule has 2 aromatic rings. The molecule has 3 saturated carbocycles. The van der Waals surface area contributed by atoms with Gasteiger partial charge in [0.25, 0.3) is 5.91 Å². The summed E-state index contributed by atoms with van der Waals surface area (Å²) in [6.45, 7) is 2.46. The summed E-state index contributed by atoms with van der Waals surface area (Å²) in [5.41, 5.74) is -1.13. The highest BCUT2D eigenvalue weighted by molar-refractivity contribution is 6.33. The van der Waals surface area contributed by atoms with Crippen LogP contribution in [0.3, 0.4) is 0 Å². The van der Waals surface area contributed by atoms with Crippen LogP contribution in [0.2, 0.25) is 5.15 Å². The van der Waals surface area contributed by atoms with Crippen molar-refractivity contribution in [3.8, 4) is 0 Å². The predicted octanol–water partition coefficient (Wildman–Crippen LogP) is 3.76. The highest BCUT2D eigenvalue weighted by Gasteiger charge is 2.61. The van der Waals surface area contributed by atoms with E-state index in [2.05, 4.69) is 4.98 Å². The number of esters is 1. The maximum Gasteiger partial charge on any atom is 0.419 e. The number of carbonyl (C=O) groups excluding carboxylic acids is 3. The van der Waals surface area contributed by atoms with Crippen molar-refractivity contribution in [2.75, 3.05) is 26.2 Å². The van der Waals surface area contributed by atoms with E-state index in [-0.39, 0.29) is 65.5 Å². The summed E-state index contributed by atoms with van der Waals surface area (Å²) in [5, 5.41) is -0.191. The van der Waals surface area contributed by atoms with Gasteiger partial charge in [-0.15, -0.1) is 0 Å². The Labute approximate surface area is 215 Å². The second kappa shape index (κ2) is 8.61. The summed E-state index contributed by atoms with van der Waals surface area (Å²) < 4.78 is 47.6. The van der Waals surface area contributed by atoms with Gasteiger partial charge in [-0.1, -0.05) is 11.6 Å². The van der Waals surface area contributed by atoms with Gasteiger partial charge in [0.2, 0.25) is 5.91 Å². The van der Waals surface area contributed by atoms with Crippen LogP contribution >= 0.6 is 11.6 Å². The van der Waals surface area contributed by atoms with Crippen molar-refractivity contribution < 1.29 is 32.3 Å². The van der Waals surface area contributed by atoms with E-state index >= 15 is 0 Å². The number of alkyl halides is 3. The SMILES string of the molecule is CCOC(=O)C1C2CC(N3CCN(C(=O)c4nc5c(C(F)(F)F)cc(C6CC6)cn5c4Cl)CC3=O)CC21. The minimum absolute atomic E-state index is 0.0133. The van der Waals surface area contributed by atoms with Crippen molar-refractivity contribution in [2.24, 2.45) is 17.8 Å². The van der Waals surface area contributed by atoms with E-state index in [0.29, 0.717) is 18.7 Å². The van der Waals surface area contributed by atoms with Crippen LogP contribution in [-0.2, 0) is 20.5 Å². The van der Waals surface area contributed by atoms with Crippen LogP contribution in [0.25, 0.3) is 5.65 Å². The molecule has 4 fully saturated rings. The second-order valence-corrected chi connectivity index (χ2v) is 10.8. The normalized spacial score (nSPS) is 27.5. The minimum atomic E-state index is -4.66. The molecule has 8 nitrogen and oxygen atoms in total. The molecule has 12 heteroatoms. The van der Waals surface area contributed by atoms with E-state index in [1.54, 1.807) is 11.8 Å². The number of fused-ring (bicyclic) bond motifs is 2. The molecular formula is C25H26ClF3N4O4. The standard InChI is InChI=1S/C25H26ClF3N4O4/c1-2-37-24(36)19-15-8-14(9-16(15)19)32-6-5-31(11-18(32)34)23(35)20-21(26)33-10-13(12-3-4-12)7-17(22(33)30-20)25(27,28)29/h7,10,12,14-16,19H,2-6,8-9,11H2,1H3. The Kier molecular flexibility index (Phi) is 5.70. The zero-order valence-corrected chi connectivity index (χ0v) is 20.9. The first-order valence-electron chi connectivity index (χ1n) is 12.6. The third kappa shape index (κ3) is 4.15. The van der Waals surface area contributed by atoms with Crippen LogP contribution in [-0.4, -0.2) is 69.3 Å².